The fourth-order valence-electron chi connectivity index (χ4n) is 2.56. The number of benzene rings is 1. The lowest BCUT2D eigenvalue weighted by atomic mass is 10.00. The molecule has 0 radical (unpaired) electrons. The lowest BCUT2D eigenvalue weighted by Gasteiger charge is -2.19. The zero-order chi connectivity index (χ0) is 14.1. The minimum atomic E-state index is -0.00403. The molecular weight excluding hydrogens is 386 g/mol. The summed E-state index contributed by atoms with van der Waals surface area (Å²) in [6.07, 6.45) is 0.961. The third-order valence-corrected chi connectivity index (χ3v) is 4.26. The number of nitrogens with one attached hydrogen (secondary N) is 1. The number of rotatable bonds is 4. The number of furan rings is 1. The second kappa shape index (κ2) is 5.92. The van der Waals surface area contributed by atoms with Gasteiger partial charge in [-0.1, -0.05) is 22.9 Å². The summed E-state index contributed by atoms with van der Waals surface area (Å²) in [5, 5.41) is 3.47. The van der Waals surface area contributed by atoms with E-state index in [9.17, 15) is 0 Å². The summed E-state index contributed by atoms with van der Waals surface area (Å²) in [5.74, 6) is 1.88. The third-order valence-electron chi connectivity index (χ3n) is 3.37. The Morgan fingerprint density at radius 1 is 1.30 bits per heavy atom. The maximum Gasteiger partial charge on any atom is 0.169 e. The van der Waals surface area contributed by atoms with Gasteiger partial charge in [-0.25, -0.2) is 0 Å². The van der Waals surface area contributed by atoms with Gasteiger partial charge in [0.05, 0.1) is 12.6 Å². The van der Waals surface area contributed by atoms with Crippen LogP contribution in [-0.4, -0.2) is 13.2 Å². The van der Waals surface area contributed by atoms with E-state index >= 15 is 0 Å². The minimum absolute atomic E-state index is 0.00403. The van der Waals surface area contributed by atoms with Gasteiger partial charge in [-0.2, -0.15) is 0 Å². The summed E-state index contributed by atoms with van der Waals surface area (Å²) >= 11 is 6.96. The number of fused-ring (bicyclic) bond motifs is 1. The fraction of sp³-hybridized carbons (Fsp3) is 0.333. The molecule has 106 valence electrons. The normalized spacial score (nSPS) is 14.9. The molecule has 1 aliphatic heterocycles. The summed E-state index contributed by atoms with van der Waals surface area (Å²) in [6, 6.07) is 8.13. The lowest BCUT2D eigenvalue weighted by Crippen LogP contribution is -2.22. The van der Waals surface area contributed by atoms with Gasteiger partial charge in [0.25, 0.3) is 0 Å². The average Bonchev–Trinajstić information content (AvgIpc) is 3.03. The molecule has 2 heterocycles. The number of ether oxygens (including phenoxy) is 1. The van der Waals surface area contributed by atoms with E-state index < -0.39 is 0 Å². The summed E-state index contributed by atoms with van der Waals surface area (Å²) in [5.41, 5.74) is 2.37. The monoisotopic (exact) mass is 399 g/mol. The van der Waals surface area contributed by atoms with E-state index in [1.54, 1.807) is 0 Å². The smallest absolute Gasteiger partial charge is 0.169 e. The van der Waals surface area contributed by atoms with Crippen molar-refractivity contribution in [2.45, 2.75) is 19.4 Å². The Morgan fingerprint density at radius 2 is 2.15 bits per heavy atom. The summed E-state index contributed by atoms with van der Waals surface area (Å²) < 4.78 is 13.4. The fourth-order valence-corrected chi connectivity index (χ4v) is 3.41. The SMILES string of the molecule is CCNC(c1ccc(Br)o1)c1cc(Br)cc2c1OCC2. The zero-order valence-electron chi connectivity index (χ0n) is 11.1. The van der Waals surface area contributed by atoms with E-state index in [0.717, 1.165) is 45.8 Å². The van der Waals surface area contributed by atoms with Crippen molar-refractivity contribution >= 4 is 31.9 Å². The Labute approximate surface area is 135 Å². The van der Waals surface area contributed by atoms with Crippen LogP contribution >= 0.6 is 31.9 Å². The van der Waals surface area contributed by atoms with Gasteiger partial charge in [0.1, 0.15) is 11.5 Å². The highest BCUT2D eigenvalue weighted by Gasteiger charge is 2.25. The van der Waals surface area contributed by atoms with Crippen molar-refractivity contribution in [3.05, 3.63) is 50.3 Å². The summed E-state index contributed by atoms with van der Waals surface area (Å²) in [4.78, 5) is 0. The van der Waals surface area contributed by atoms with Crippen molar-refractivity contribution in [2.24, 2.45) is 0 Å². The largest absolute Gasteiger partial charge is 0.493 e. The highest BCUT2D eigenvalue weighted by atomic mass is 79.9. The molecule has 0 saturated carbocycles. The minimum Gasteiger partial charge on any atom is -0.493 e. The first-order valence-electron chi connectivity index (χ1n) is 6.62. The first kappa shape index (κ1) is 14.2. The van der Waals surface area contributed by atoms with E-state index in [0.29, 0.717) is 0 Å². The van der Waals surface area contributed by atoms with Crippen LogP contribution in [0.15, 0.2) is 37.8 Å². The van der Waals surface area contributed by atoms with E-state index in [4.69, 9.17) is 9.15 Å². The Hall–Kier alpha value is -0.780. The number of hydrogen-bond donors (Lipinski definition) is 1. The maximum absolute atomic E-state index is 5.83. The van der Waals surface area contributed by atoms with Gasteiger partial charge >= 0.3 is 0 Å². The van der Waals surface area contributed by atoms with Crippen molar-refractivity contribution in [3.8, 4) is 5.75 Å². The molecule has 1 unspecified atom stereocenters. The van der Waals surface area contributed by atoms with Crippen molar-refractivity contribution in [1.29, 1.82) is 0 Å². The van der Waals surface area contributed by atoms with Crippen molar-refractivity contribution in [1.82, 2.24) is 5.32 Å². The van der Waals surface area contributed by atoms with Gasteiger partial charge in [0.2, 0.25) is 0 Å². The molecule has 3 rings (SSSR count). The predicted octanol–water partition coefficient (Wildman–Crippen LogP) is 4.44. The van der Waals surface area contributed by atoms with Crippen LogP contribution in [0.3, 0.4) is 0 Å². The Balaban J connectivity index is 2.08. The van der Waals surface area contributed by atoms with Crippen LogP contribution in [0.25, 0.3) is 0 Å². The van der Waals surface area contributed by atoms with Crippen molar-refractivity contribution in [2.75, 3.05) is 13.2 Å². The van der Waals surface area contributed by atoms with Gasteiger partial charge in [0.15, 0.2) is 4.67 Å². The Kier molecular flexibility index (Phi) is 4.19. The molecule has 1 aromatic carbocycles. The third kappa shape index (κ3) is 2.67. The van der Waals surface area contributed by atoms with Crippen molar-refractivity contribution in [3.63, 3.8) is 0 Å². The molecule has 0 saturated heterocycles. The zero-order valence-corrected chi connectivity index (χ0v) is 14.3. The second-order valence-corrected chi connectivity index (χ2v) is 6.41. The van der Waals surface area contributed by atoms with Gasteiger partial charge in [-0.05, 0) is 52.3 Å². The van der Waals surface area contributed by atoms with E-state index in [2.05, 4.69) is 56.2 Å². The molecule has 1 aliphatic rings. The average molecular weight is 401 g/mol. The van der Waals surface area contributed by atoms with Gasteiger partial charge in [-0.3, -0.25) is 0 Å². The second-order valence-electron chi connectivity index (χ2n) is 4.71. The van der Waals surface area contributed by atoms with Gasteiger partial charge < -0.3 is 14.5 Å². The Morgan fingerprint density at radius 3 is 2.85 bits per heavy atom. The quantitative estimate of drug-likeness (QED) is 0.823. The Bertz CT molecular complexity index is 624. The van der Waals surface area contributed by atoms with Crippen LogP contribution in [0, 0.1) is 0 Å². The van der Waals surface area contributed by atoms with Crippen LogP contribution in [0.1, 0.15) is 29.9 Å². The maximum atomic E-state index is 5.83. The van der Waals surface area contributed by atoms with E-state index in [1.165, 1.54) is 5.56 Å². The molecule has 1 atom stereocenters. The van der Waals surface area contributed by atoms with Crippen LogP contribution in [0.5, 0.6) is 5.75 Å². The molecule has 1 N–H and O–H groups in total. The lowest BCUT2D eigenvalue weighted by molar-refractivity contribution is 0.346. The molecule has 1 aromatic heterocycles. The molecule has 3 nitrogen and oxygen atoms in total. The van der Waals surface area contributed by atoms with E-state index in [-0.39, 0.29) is 6.04 Å². The first-order valence-corrected chi connectivity index (χ1v) is 8.21. The summed E-state index contributed by atoms with van der Waals surface area (Å²) in [7, 11) is 0. The molecule has 0 amide bonds. The van der Waals surface area contributed by atoms with Crippen LogP contribution < -0.4 is 10.1 Å². The van der Waals surface area contributed by atoms with Crippen LogP contribution in [-0.2, 0) is 6.42 Å². The van der Waals surface area contributed by atoms with Gasteiger partial charge in [0, 0.05) is 16.5 Å². The molecule has 0 bridgehead atoms. The molecule has 0 fully saturated rings. The van der Waals surface area contributed by atoms with Gasteiger partial charge in [-0.15, -0.1) is 0 Å². The highest BCUT2D eigenvalue weighted by Crippen LogP contribution is 2.39. The van der Waals surface area contributed by atoms with Crippen molar-refractivity contribution < 1.29 is 9.15 Å². The standard InChI is InChI=1S/C15H15Br2NO2/c1-2-18-14(12-3-4-13(17)20-12)11-8-10(16)7-9-5-6-19-15(9)11/h3-4,7-8,14,18H,2,5-6H2,1H3. The number of hydrogen-bond acceptors (Lipinski definition) is 3. The molecule has 0 aliphatic carbocycles. The first-order chi connectivity index (χ1) is 9.69. The molecule has 5 heteroatoms. The topological polar surface area (TPSA) is 34.4 Å². The van der Waals surface area contributed by atoms with Crippen LogP contribution in [0.4, 0.5) is 0 Å². The molecule has 2 aromatic rings. The number of halogens is 2. The summed E-state index contributed by atoms with van der Waals surface area (Å²) in [6.45, 7) is 3.69. The van der Waals surface area contributed by atoms with Crippen LogP contribution in [0.2, 0.25) is 0 Å². The predicted molar refractivity (Wildman–Crippen MR) is 85.3 cm³/mol. The molecule has 0 spiro atoms. The highest BCUT2D eigenvalue weighted by molar-refractivity contribution is 9.10. The molecular formula is C15H15Br2NO2. The molecule has 20 heavy (non-hydrogen) atoms. The van der Waals surface area contributed by atoms with E-state index in [1.807, 2.05) is 12.1 Å².